The molecular formula is C14H20INO4. The lowest BCUT2D eigenvalue weighted by atomic mass is 9.96. The molecule has 5 nitrogen and oxygen atoms in total. The molecule has 0 aliphatic heterocycles. The fraction of sp³-hybridized carbons (Fsp3) is 0.500. The minimum Gasteiger partial charge on any atom is -0.443 e. The average molecular weight is 393 g/mol. The van der Waals surface area contributed by atoms with E-state index in [1.54, 1.807) is 7.11 Å². The van der Waals surface area contributed by atoms with Crippen LogP contribution in [0.1, 0.15) is 25.5 Å². The molecule has 0 unspecified atom stereocenters. The number of nitrogens with two attached hydrogens (primary N) is 1. The molecule has 0 aliphatic carbocycles. The maximum absolute atomic E-state index is 11.1. The number of carbonyl (C=O) groups is 1. The van der Waals surface area contributed by atoms with Crippen LogP contribution in [0.2, 0.25) is 0 Å². The first-order chi connectivity index (χ1) is 9.45. The molecule has 20 heavy (non-hydrogen) atoms. The van der Waals surface area contributed by atoms with Crippen molar-refractivity contribution in [3.8, 4) is 0 Å². The zero-order chi connectivity index (χ0) is 15.1. The van der Waals surface area contributed by atoms with Crippen LogP contribution in [0.5, 0.6) is 0 Å². The normalized spacial score (nSPS) is 14.1. The van der Waals surface area contributed by atoms with E-state index in [0.717, 1.165) is 9.13 Å². The lowest BCUT2D eigenvalue weighted by molar-refractivity contribution is -0.124. The van der Waals surface area contributed by atoms with E-state index in [1.165, 1.54) is 0 Å². The van der Waals surface area contributed by atoms with Gasteiger partial charge in [-0.05, 0) is 46.2 Å². The van der Waals surface area contributed by atoms with E-state index in [9.17, 15) is 4.79 Å². The van der Waals surface area contributed by atoms with Crippen LogP contribution in [0.4, 0.5) is 4.79 Å². The summed E-state index contributed by atoms with van der Waals surface area (Å²) in [6.07, 6.45) is -1.70. The number of hydrogen-bond donors (Lipinski definition) is 1. The Balaban J connectivity index is 3.04. The number of hydrogen-bond acceptors (Lipinski definition) is 4. The van der Waals surface area contributed by atoms with Crippen LogP contribution in [0.25, 0.3) is 0 Å². The molecule has 0 bridgehead atoms. The number of ether oxygens (including phenoxy) is 3. The van der Waals surface area contributed by atoms with Gasteiger partial charge in [0, 0.05) is 10.7 Å². The van der Waals surface area contributed by atoms with Crippen molar-refractivity contribution in [3.63, 3.8) is 0 Å². The van der Waals surface area contributed by atoms with Gasteiger partial charge in [0.15, 0.2) is 0 Å². The number of halogens is 1. The van der Waals surface area contributed by atoms with Crippen molar-refractivity contribution in [2.75, 3.05) is 13.9 Å². The quantitative estimate of drug-likeness (QED) is 0.571. The van der Waals surface area contributed by atoms with Crippen molar-refractivity contribution in [1.29, 1.82) is 0 Å². The SMILES string of the molecule is COCO[C@@H](c1cccc(I)c1)[C@@H](OC(N)=O)C(C)C. The second kappa shape index (κ2) is 8.43. The lowest BCUT2D eigenvalue weighted by Crippen LogP contribution is -2.34. The first-order valence-corrected chi connectivity index (χ1v) is 7.35. The molecule has 2 atom stereocenters. The molecule has 1 rings (SSSR count). The highest BCUT2D eigenvalue weighted by atomic mass is 127. The number of rotatable bonds is 7. The Kier molecular flexibility index (Phi) is 7.25. The summed E-state index contributed by atoms with van der Waals surface area (Å²) in [6, 6.07) is 7.83. The fourth-order valence-corrected chi connectivity index (χ4v) is 2.45. The standard InChI is InChI=1S/C14H20INO4/c1-9(2)12(20-14(16)17)13(19-8-18-3)10-5-4-6-11(15)7-10/h4-7,9,12-13H,8H2,1-3H3,(H2,16,17)/t12-,13-/m0/s1. The zero-order valence-electron chi connectivity index (χ0n) is 11.8. The molecule has 0 spiro atoms. The van der Waals surface area contributed by atoms with Crippen molar-refractivity contribution in [2.45, 2.75) is 26.1 Å². The molecule has 112 valence electrons. The number of carbonyl (C=O) groups excluding carboxylic acids is 1. The molecular weight excluding hydrogens is 373 g/mol. The predicted octanol–water partition coefficient (Wildman–Crippen LogP) is 3.07. The summed E-state index contributed by atoms with van der Waals surface area (Å²) in [5.41, 5.74) is 6.08. The first kappa shape index (κ1) is 17.2. The molecule has 0 saturated carbocycles. The van der Waals surface area contributed by atoms with Gasteiger partial charge < -0.3 is 19.9 Å². The Hall–Kier alpha value is -0.860. The Morgan fingerprint density at radius 1 is 1.40 bits per heavy atom. The minimum atomic E-state index is -0.805. The molecule has 0 heterocycles. The van der Waals surface area contributed by atoms with E-state index < -0.39 is 18.3 Å². The third-order valence-corrected chi connectivity index (χ3v) is 3.42. The van der Waals surface area contributed by atoms with Crippen LogP contribution >= 0.6 is 22.6 Å². The number of primary amides is 1. The maximum Gasteiger partial charge on any atom is 0.404 e. The molecule has 0 aliphatic rings. The Morgan fingerprint density at radius 3 is 2.60 bits per heavy atom. The summed E-state index contributed by atoms with van der Waals surface area (Å²) >= 11 is 2.22. The van der Waals surface area contributed by atoms with Gasteiger partial charge in [0.2, 0.25) is 0 Å². The summed E-state index contributed by atoms with van der Waals surface area (Å²) in [5.74, 6) is 0.0576. The van der Waals surface area contributed by atoms with E-state index in [-0.39, 0.29) is 12.7 Å². The largest absolute Gasteiger partial charge is 0.443 e. The highest BCUT2D eigenvalue weighted by Gasteiger charge is 2.30. The van der Waals surface area contributed by atoms with E-state index in [1.807, 2.05) is 38.1 Å². The Labute approximate surface area is 132 Å². The van der Waals surface area contributed by atoms with Crippen molar-refractivity contribution in [2.24, 2.45) is 11.7 Å². The van der Waals surface area contributed by atoms with Crippen LogP contribution < -0.4 is 5.73 Å². The summed E-state index contributed by atoms with van der Waals surface area (Å²) < 4.78 is 17.0. The van der Waals surface area contributed by atoms with Crippen LogP contribution in [-0.2, 0) is 14.2 Å². The second-order valence-corrected chi connectivity index (χ2v) is 5.94. The van der Waals surface area contributed by atoms with Gasteiger partial charge in [0.05, 0.1) is 0 Å². The molecule has 0 aromatic heterocycles. The van der Waals surface area contributed by atoms with Crippen molar-refractivity contribution in [1.82, 2.24) is 0 Å². The van der Waals surface area contributed by atoms with Gasteiger partial charge in [-0.1, -0.05) is 26.0 Å². The van der Waals surface area contributed by atoms with Gasteiger partial charge >= 0.3 is 6.09 Å². The van der Waals surface area contributed by atoms with Gasteiger partial charge in [-0.2, -0.15) is 0 Å². The average Bonchev–Trinajstić information content (AvgIpc) is 2.37. The van der Waals surface area contributed by atoms with Crippen molar-refractivity contribution >= 4 is 28.7 Å². The fourth-order valence-electron chi connectivity index (χ4n) is 1.89. The molecule has 1 amide bonds. The molecule has 0 saturated heterocycles. The molecule has 6 heteroatoms. The second-order valence-electron chi connectivity index (χ2n) is 4.69. The van der Waals surface area contributed by atoms with Crippen molar-refractivity contribution < 1.29 is 19.0 Å². The van der Waals surface area contributed by atoms with Crippen LogP contribution in [0, 0.1) is 9.49 Å². The van der Waals surface area contributed by atoms with Crippen LogP contribution in [0.15, 0.2) is 24.3 Å². The third-order valence-electron chi connectivity index (χ3n) is 2.75. The molecule has 0 radical (unpaired) electrons. The smallest absolute Gasteiger partial charge is 0.404 e. The Morgan fingerprint density at radius 2 is 2.10 bits per heavy atom. The predicted molar refractivity (Wildman–Crippen MR) is 84.2 cm³/mol. The molecule has 1 aromatic rings. The summed E-state index contributed by atoms with van der Waals surface area (Å²) in [5, 5.41) is 0. The number of methoxy groups -OCH3 is 1. The van der Waals surface area contributed by atoms with Gasteiger partial charge in [0.25, 0.3) is 0 Å². The maximum atomic E-state index is 11.1. The molecule has 0 fully saturated rings. The van der Waals surface area contributed by atoms with Crippen molar-refractivity contribution in [3.05, 3.63) is 33.4 Å². The van der Waals surface area contributed by atoms with E-state index >= 15 is 0 Å². The molecule has 2 N–H and O–H groups in total. The van der Waals surface area contributed by atoms with E-state index in [2.05, 4.69) is 22.6 Å². The van der Waals surface area contributed by atoms with Crippen LogP contribution in [-0.4, -0.2) is 26.1 Å². The number of benzene rings is 1. The van der Waals surface area contributed by atoms with Gasteiger partial charge in [-0.25, -0.2) is 4.79 Å². The van der Waals surface area contributed by atoms with Gasteiger partial charge in [-0.3, -0.25) is 0 Å². The summed E-state index contributed by atoms with van der Waals surface area (Å²) in [4.78, 5) is 11.1. The summed E-state index contributed by atoms with van der Waals surface area (Å²) in [6.45, 7) is 4.01. The first-order valence-electron chi connectivity index (χ1n) is 6.27. The summed E-state index contributed by atoms with van der Waals surface area (Å²) in [7, 11) is 1.55. The number of amides is 1. The highest BCUT2D eigenvalue weighted by molar-refractivity contribution is 14.1. The lowest BCUT2D eigenvalue weighted by Gasteiger charge is -2.29. The highest BCUT2D eigenvalue weighted by Crippen LogP contribution is 2.29. The van der Waals surface area contributed by atoms with Gasteiger partial charge in [-0.15, -0.1) is 0 Å². The minimum absolute atomic E-state index is 0.0576. The zero-order valence-corrected chi connectivity index (χ0v) is 14.0. The monoisotopic (exact) mass is 393 g/mol. The van der Waals surface area contributed by atoms with E-state index in [4.69, 9.17) is 19.9 Å². The van der Waals surface area contributed by atoms with E-state index in [0.29, 0.717) is 0 Å². The molecule has 1 aromatic carbocycles. The van der Waals surface area contributed by atoms with Crippen LogP contribution in [0.3, 0.4) is 0 Å². The van der Waals surface area contributed by atoms with Gasteiger partial charge in [0.1, 0.15) is 19.0 Å². The topological polar surface area (TPSA) is 70.8 Å². The third kappa shape index (κ3) is 5.26. The Bertz CT molecular complexity index is 439.